The smallest absolute Gasteiger partial charge is 0.270 e. The molecule has 0 spiro atoms. The number of hydrogen-bond acceptors (Lipinski definition) is 2. The van der Waals surface area contributed by atoms with Gasteiger partial charge in [-0.05, 0) is 49.1 Å². The molecule has 1 aromatic carbocycles. The van der Waals surface area contributed by atoms with Crippen molar-refractivity contribution in [2.45, 2.75) is 26.4 Å². The van der Waals surface area contributed by atoms with Gasteiger partial charge in [0.1, 0.15) is 11.5 Å². The molecule has 1 amide bonds. The standard InChI is InChI=1S/C18H19FN2OS/c1-12(2)21-15-7-8-23-17(15)10-16(21)18(22)20(3)11-13-5-4-6-14(19)9-13/h4-10,12H,11H2,1-3H3. The summed E-state index contributed by atoms with van der Waals surface area (Å²) in [6.07, 6.45) is 0. The third-order valence-electron chi connectivity index (χ3n) is 3.85. The molecule has 3 nitrogen and oxygen atoms in total. The molecule has 0 saturated heterocycles. The Kier molecular flexibility index (Phi) is 4.22. The molecular formula is C18H19FN2OS. The minimum Gasteiger partial charge on any atom is -0.336 e. The summed E-state index contributed by atoms with van der Waals surface area (Å²) in [6, 6.07) is 10.5. The second kappa shape index (κ2) is 6.16. The molecule has 0 radical (unpaired) electrons. The first-order valence-corrected chi connectivity index (χ1v) is 8.43. The average Bonchev–Trinajstić information content (AvgIpc) is 3.06. The van der Waals surface area contributed by atoms with Crippen LogP contribution < -0.4 is 0 Å². The maximum atomic E-state index is 13.3. The zero-order chi connectivity index (χ0) is 16.6. The Hall–Kier alpha value is -2.14. The number of aromatic nitrogens is 1. The number of halogens is 1. The van der Waals surface area contributed by atoms with Crippen LogP contribution in [0.25, 0.3) is 10.2 Å². The summed E-state index contributed by atoms with van der Waals surface area (Å²) in [5, 5.41) is 2.04. The molecule has 3 rings (SSSR count). The summed E-state index contributed by atoms with van der Waals surface area (Å²) >= 11 is 1.63. The van der Waals surface area contributed by atoms with Gasteiger partial charge < -0.3 is 9.47 Å². The van der Waals surface area contributed by atoms with Gasteiger partial charge in [0.05, 0.1) is 10.2 Å². The molecule has 0 aliphatic carbocycles. The van der Waals surface area contributed by atoms with Crippen LogP contribution in [0.5, 0.6) is 0 Å². The molecular weight excluding hydrogens is 311 g/mol. The molecule has 0 N–H and O–H groups in total. The van der Waals surface area contributed by atoms with E-state index in [1.807, 2.05) is 23.6 Å². The van der Waals surface area contributed by atoms with Gasteiger partial charge in [-0.3, -0.25) is 4.79 Å². The third kappa shape index (κ3) is 3.01. The summed E-state index contributed by atoms with van der Waals surface area (Å²) in [5.74, 6) is -0.333. The lowest BCUT2D eigenvalue weighted by molar-refractivity contribution is 0.0773. The van der Waals surface area contributed by atoms with Crippen LogP contribution in [0, 0.1) is 5.82 Å². The molecule has 0 saturated carbocycles. The Labute approximate surface area is 139 Å². The van der Waals surface area contributed by atoms with Crippen LogP contribution in [0.3, 0.4) is 0 Å². The molecule has 0 aliphatic heterocycles. The Balaban J connectivity index is 1.90. The van der Waals surface area contributed by atoms with Crippen LogP contribution >= 0.6 is 11.3 Å². The number of amides is 1. The fraction of sp³-hybridized carbons (Fsp3) is 0.278. The van der Waals surface area contributed by atoms with Crippen molar-refractivity contribution in [1.82, 2.24) is 9.47 Å². The number of nitrogens with zero attached hydrogens (tertiary/aromatic N) is 2. The van der Waals surface area contributed by atoms with Crippen LogP contribution in [0.2, 0.25) is 0 Å². The van der Waals surface area contributed by atoms with Gasteiger partial charge in [-0.15, -0.1) is 11.3 Å². The van der Waals surface area contributed by atoms with Gasteiger partial charge in [0.15, 0.2) is 0 Å². The Bertz CT molecular complexity index is 850. The monoisotopic (exact) mass is 330 g/mol. The highest BCUT2D eigenvalue weighted by Crippen LogP contribution is 2.29. The summed E-state index contributed by atoms with van der Waals surface area (Å²) in [6.45, 7) is 4.52. The zero-order valence-electron chi connectivity index (χ0n) is 13.4. The molecule has 5 heteroatoms. The first kappa shape index (κ1) is 15.7. The van der Waals surface area contributed by atoms with E-state index in [0.29, 0.717) is 12.2 Å². The summed E-state index contributed by atoms with van der Waals surface area (Å²) < 4.78 is 16.5. The quantitative estimate of drug-likeness (QED) is 0.681. The Morgan fingerprint density at radius 1 is 1.30 bits per heavy atom. The number of rotatable bonds is 4. The van der Waals surface area contributed by atoms with Crippen molar-refractivity contribution in [3.05, 3.63) is 58.9 Å². The number of thiophene rings is 1. The summed E-state index contributed by atoms with van der Waals surface area (Å²) in [4.78, 5) is 14.5. The van der Waals surface area contributed by atoms with Crippen LogP contribution in [0.4, 0.5) is 4.39 Å². The van der Waals surface area contributed by atoms with Gasteiger partial charge >= 0.3 is 0 Å². The predicted octanol–water partition coefficient (Wildman–Crippen LogP) is 4.70. The first-order chi connectivity index (χ1) is 11.0. The normalized spacial score (nSPS) is 11.3. The van der Waals surface area contributed by atoms with Crippen molar-refractivity contribution < 1.29 is 9.18 Å². The first-order valence-electron chi connectivity index (χ1n) is 7.55. The maximum absolute atomic E-state index is 13.3. The zero-order valence-corrected chi connectivity index (χ0v) is 14.2. The van der Waals surface area contributed by atoms with Crippen molar-refractivity contribution in [2.24, 2.45) is 0 Å². The maximum Gasteiger partial charge on any atom is 0.270 e. The largest absolute Gasteiger partial charge is 0.336 e. The minimum atomic E-state index is -0.283. The van der Waals surface area contributed by atoms with Gasteiger partial charge in [0, 0.05) is 19.6 Å². The lowest BCUT2D eigenvalue weighted by atomic mass is 10.2. The third-order valence-corrected chi connectivity index (χ3v) is 4.70. The van der Waals surface area contributed by atoms with E-state index in [4.69, 9.17) is 0 Å². The van der Waals surface area contributed by atoms with Crippen molar-refractivity contribution >= 4 is 27.5 Å². The van der Waals surface area contributed by atoms with E-state index in [-0.39, 0.29) is 17.8 Å². The van der Waals surface area contributed by atoms with Gasteiger partial charge in [0.2, 0.25) is 0 Å². The van der Waals surface area contributed by atoms with E-state index in [9.17, 15) is 9.18 Å². The van der Waals surface area contributed by atoms with Crippen molar-refractivity contribution in [1.29, 1.82) is 0 Å². The molecule has 120 valence electrons. The lowest BCUT2D eigenvalue weighted by Gasteiger charge is -2.20. The van der Waals surface area contributed by atoms with Gasteiger partial charge in [-0.2, -0.15) is 0 Å². The highest BCUT2D eigenvalue weighted by atomic mass is 32.1. The van der Waals surface area contributed by atoms with Gasteiger partial charge in [-0.1, -0.05) is 12.1 Å². The van der Waals surface area contributed by atoms with E-state index in [1.165, 1.54) is 12.1 Å². The number of hydrogen-bond donors (Lipinski definition) is 0. The molecule has 0 aliphatic rings. The highest BCUT2D eigenvalue weighted by Gasteiger charge is 2.21. The molecule has 0 fully saturated rings. The van der Waals surface area contributed by atoms with Gasteiger partial charge in [0.25, 0.3) is 5.91 Å². The fourth-order valence-electron chi connectivity index (χ4n) is 2.84. The van der Waals surface area contributed by atoms with Gasteiger partial charge in [-0.25, -0.2) is 4.39 Å². The molecule has 0 unspecified atom stereocenters. The Morgan fingerprint density at radius 3 is 2.78 bits per heavy atom. The van der Waals surface area contributed by atoms with Crippen LogP contribution in [0.1, 0.15) is 35.9 Å². The molecule has 0 bridgehead atoms. The van der Waals surface area contributed by atoms with Crippen LogP contribution in [-0.2, 0) is 6.54 Å². The van der Waals surface area contributed by atoms with E-state index in [1.54, 1.807) is 29.4 Å². The number of carbonyl (C=O) groups excluding carboxylic acids is 1. The minimum absolute atomic E-state index is 0.0497. The highest BCUT2D eigenvalue weighted by molar-refractivity contribution is 7.17. The Morgan fingerprint density at radius 2 is 2.09 bits per heavy atom. The number of fused-ring (bicyclic) bond motifs is 1. The second-order valence-electron chi connectivity index (χ2n) is 5.95. The molecule has 3 aromatic rings. The van der Waals surface area contributed by atoms with Crippen molar-refractivity contribution in [3.63, 3.8) is 0 Å². The SMILES string of the molecule is CC(C)n1c(C(=O)N(C)Cc2cccc(F)c2)cc2sccc21. The second-order valence-corrected chi connectivity index (χ2v) is 6.90. The molecule has 23 heavy (non-hydrogen) atoms. The summed E-state index contributed by atoms with van der Waals surface area (Å²) in [7, 11) is 1.75. The van der Waals surface area contributed by atoms with E-state index >= 15 is 0 Å². The topological polar surface area (TPSA) is 25.2 Å². The van der Waals surface area contributed by atoms with Crippen LogP contribution in [-0.4, -0.2) is 22.4 Å². The molecule has 0 atom stereocenters. The van der Waals surface area contributed by atoms with Crippen molar-refractivity contribution in [3.8, 4) is 0 Å². The lowest BCUT2D eigenvalue weighted by Crippen LogP contribution is -2.28. The molecule has 2 aromatic heterocycles. The number of carbonyl (C=O) groups is 1. The van der Waals surface area contributed by atoms with E-state index in [0.717, 1.165) is 15.8 Å². The number of benzene rings is 1. The average molecular weight is 330 g/mol. The van der Waals surface area contributed by atoms with Crippen LogP contribution in [0.15, 0.2) is 41.8 Å². The predicted molar refractivity (Wildman–Crippen MR) is 92.4 cm³/mol. The fourth-order valence-corrected chi connectivity index (χ4v) is 3.65. The van der Waals surface area contributed by atoms with E-state index in [2.05, 4.69) is 18.4 Å². The van der Waals surface area contributed by atoms with Crippen molar-refractivity contribution in [2.75, 3.05) is 7.05 Å². The summed E-state index contributed by atoms with van der Waals surface area (Å²) in [5.41, 5.74) is 2.55. The molecule has 2 heterocycles. The van der Waals surface area contributed by atoms with E-state index < -0.39 is 0 Å².